The first-order chi connectivity index (χ1) is 6.24. The van der Waals surface area contributed by atoms with Gasteiger partial charge in [-0.3, -0.25) is 0 Å². The second-order valence-electron chi connectivity index (χ2n) is 3.04. The molecule has 0 radical (unpaired) electrons. The summed E-state index contributed by atoms with van der Waals surface area (Å²) < 4.78 is 1.11. The van der Waals surface area contributed by atoms with Crippen LogP contribution in [0.1, 0.15) is 6.42 Å². The maximum atomic E-state index is 5.44. The fourth-order valence-electron chi connectivity index (χ4n) is 1.15. The monoisotopic (exact) mass is 242 g/mol. The Labute approximate surface area is 87.9 Å². The zero-order chi connectivity index (χ0) is 9.68. The van der Waals surface area contributed by atoms with Gasteiger partial charge in [0.15, 0.2) is 0 Å². The van der Waals surface area contributed by atoms with Crippen LogP contribution in [-0.4, -0.2) is 20.1 Å². The Morgan fingerprint density at radius 2 is 1.92 bits per heavy atom. The van der Waals surface area contributed by atoms with E-state index in [4.69, 9.17) is 5.73 Å². The molecule has 1 aromatic carbocycles. The zero-order valence-corrected chi connectivity index (χ0v) is 9.42. The number of rotatable bonds is 4. The Morgan fingerprint density at radius 3 is 2.46 bits per heavy atom. The van der Waals surface area contributed by atoms with Crippen molar-refractivity contribution < 1.29 is 0 Å². The van der Waals surface area contributed by atoms with Gasteiger partial charge in [0.05, 0.1) is 0 Å². The molecular weight excluding hydrogens is 228 g/mol. The number of nitrogens with two attached hydrogens (primary N) is 1. The van der Waals surface area contributed by atoms with E-state index in [1.54, 1.807) is 0 Å². The second-order valence-corrected chi connectivity index (χ2v) is 3.96. The predicted octanol–water partition coefficient (Wildman–Crippen LogP) is 2.23. The number of anilines is 1. The SMILES string of the molecule is CN(CCCN)c1ccc(Br)cc1. The molecule has 0 aliphatic carbocycles. The van der Waals surface area contributed by atoms with E-state index in [9.17, 15) is 0 Å². The van der Waals surface area contributed by atoms with Crippen LogP contribution in [-0.2, 0) is 0 Å². The van der Waals surface area contributed by atoms with Gasteiger partial charge in [0.25, 0.3) is 0 Å². The summed E-state index contributed by atoms with van der Waals surface area (Å²) in [5.41, 5.74) is 6.68. The molecule has 0 aromatic heterocycles. The van der Waals surface area contributed by atoms with Crippen molar-refractivity contribution >= 4 is 21.6 Å². The van der Waals surface area contributed by atoms with Crippen LogP contribution in [0.25, 0.3) is 0 Å². The third-order valence-corrected chi connectivity index (χ3v) is 2.49. The first-order valence-electron chi connectivity index (χ1n) is 4.41. The van der Waals surface area contributed by atoms with E-state index < -0.39 is 0 Å². The molecule has 0 saturated carbocycles. The van der Waals surface area contributed by atoms with Gasteiger partial charge in [0.2, 0.25) is 0 Å². The Hall–Kier alpha value is -0.540. The molecule has 0 saturated heterocycles. The maximum absolute atomic E-state index is 5.44. The summed E-state index contributed by atoms with van der Waals surface area (Å²) in [6.07, 6.45) is 1.03. The van der Waals surface area contributed by atoms with Gasteiger partial charge in [-0.05, 0) is 37.2 Å². The average Bonchev–Trinajstić information content (AvgIpc) is 2.15. The predicted molar refractivity (Wildman–Crippen MR) is 61.1 cm³/mol. The Balaban J connectivity index is 2.55. The third kappa shape index (κ3) is 3.36. The summed E-state index contributed by atoms with van der Waals surface area (Å²) in [5.74, 6) is 0. The van der Waals surface area contributed by atoms with Crippen LogP contribution in [0, 0.1) is 0 Å². The number of benzene rings is 1. The molecule has 13 heavy (non-hydrogen) atoms. The minimum atomic E-state index is 0.751. The van der Waals surface area contributed by atoms with Crippen molar-refractivity contribution in [2.24, 2.45) is 5.73 Å². The zero-order valence-electron chi connectivity index (χ0n) is 7.83. The van der Waals surface area contributed by atoms with Crippen molar-refractivity contribution in [2.45, 2.75) is 6.42 Å². The Morgan fingerprint density at radius 1 is 1.31 bits per heavy atom. The molecule has 0 unspecified atom stereocenters. The molecule has 0 aliphatic rings. The minimum absolute atomic E-state index is 0.751. The molecule has 0 fully saturated rings. The highest BCUT2D eigenvalue weighted by molar-refractivity contribution is 9.10. The van der Waals surface area contributed by atoms with Crippen molar-refractivity contribution in [3.05, 3.63) is 28.7 Å². The van der Waals surface area contributed by atoms with Crippen LogP contribution in [0.15, 0.2) is 28.7 Å². The van der Waals surface area contributed by atoms with Crippen molar-refractivity contribution in [2.75, 3.05) is 25.0 Å². The Bertz CT molecular complexity index is 246. The van der Waals surface area contributed by atoms with E-state index in [0.717, 1.165) is 24.0 Å². The molecule has 2 nitrogen and oxygen atoms in total. The molecule has 0 atom stereocenters. The summed E-state index contributed by atoms with van der Waals surface area (Å²) in [6.45, 7) is 1.76. The average molecular weight is 243 g/mol. The normalized spacial score (nSPS) is 10.1. The van der Waals surface area contributed by atoms with Crippen LogP contribution in [0.3, 0.4) is 0 Å². The van der Waals surface area contributed by atoms with Gasteiger partial charge in [0.1, 0.15) is 0 Å². The quantitative estimate of drug-likeness (QED) is 0.878. The summed E-state index contributed by atoms with van der Waals surface area (Å²) in [7, 11) is 2.08. The lowest BCUT2D eigenvalue weighted by molar-refractivity contribution is 0.795. The van der Waals surface area contributed by atoms with Gasteiger partial charge < -0.3 is 10.6 Å². The van der Waals surface area contributed by atoms with Gasteiger partial charge in [-0.25, -0.2) is 0 Å². The van der Waals surface area contributed by atoms with Crippen LogP contribution in [0.4, 0.5) is 5.69 Å². The van der Waals surface area contributed by atoms with Crippen LogP contribution < -0.4 is 10.6 Å². The molecule has 0 aliphatic heterocycles. The van der Waals surface area contributed by atoms with Crippen LogP contribution in [0.5, 0.6) is 0 Å². The van der Waals surface area contributed by atoms with Gasteiger partial charge in [-0.1, -0.05) is 15.9 Å². The van der Waals surface area contributed by atoms with E-state index >= 15 is 0 Å². The highest BCUT2D eigenvalue weighted by Crippen LogP contribution is 2.16. The summed E-state index contributed by atoms with van der Waals surface area (Å²) >= 11 is 3.41. The largest absolute Gasteiger partial charge is 0.375 e. The first kappa shape index (κ1) is 10.5. The highest BCUT2D eigenvalue weighted by Gasteiger charge is 1.98. The lowest BCUT2D eigenvalue weighted by atomic mass is 10.3. The van der Waals surface area contributed by atoms with Crippen molar-refractivity contribution in [1.29, 1.82) is 0 Å². The second kappa shape index (κ2) is 5.25. The first-order valence-corrected chi connectivity index (χ1v) is 5.20. The van der Waals surface area contributed by atoms with E-state index in [0.29, 0.717) is 0 Å². The minimum Gasteiger partial charge on any atom is -0.375 e. The molecular formula is C10H15BrN2. The summed E-state index contributed by atoms with van der Waals surface area (Å²) in [5, 5.41) is 0. The lowest BCUT2D eigenvalue weighted by Crippen LogP contribution is -2.20. The molecule has 1 rings (SSSR count). The standard InChI is InChI=1S/C10H15BrN2/c1-13(8-2-7-12)10-5-3-9(11)4-6-10/h3-6H,2,7-8,12H2,1H3. The molecule has 0 bridgehead atoms. The van der Waals surface area contributed by atoms with Gasteiger partial charge in [-0.2, -0.15) is 0 Å². The van der Waals surface area contributed by atoms with Crippen LogP contribution in [0.2, 0.25) is 0 Å². The molecule has 72 valence electrons. The lowest BCUT2D eigenvalue weighted by Gasteiger charge is -2.18. The van der Waals surface area contributed by atoms with E-state index in [1.165, 1.54) is 5.69 Å². The summed E-state index contributed by atoms with van der Waals surface area (Å²) in [4.78, 5) is 2.21. The maximum Gasteiger partial charge on any atom is 0.0364 e. The number of halogens is 1. The van der Waals surface area contributed by atoms with Gasteiger partial charge in [0, 0.05) is 23.8 Å². The highest BCUT2D eigenvalue weighted by atomic mass is 79.9. The molecule has 2 N–H and O–H groups in total. The number of nitrogens with zero attached hydrogens (tertiary/aromatic N) is 1. The van der Waals surface area contributed by atoms with E-state index in [2.05, 4.69) is 40.0 Å². The van der Waals surface area contributed by atoms with Crippen molar-refractivity contribution in [1.82, 2.24) is 0 Å². The van der Waals surface area contributed by atoms with E-state index in [-0.39, 0.29) is 0 Å². The van der Waals surface area contributed by atoms with Gasteiger partial charge >= 0.3 is 0 Å². The van der Waals surface area contributed by atoms with E-state index in [1.807, 2.05) is 12.1 Å². The van der Waals surface area contributed by atoms with Crippen molar-refractivity contribution in [3.63, 3.8) is 0 Å². The topological polar surface area (TPSA) is 29.3 Å². The molecule has 3 heteroatoms. The third-order valence-electron chi connectivity index (χ3n) is 1.97. The molecule has 1 aromatic rings. The summed E-state index contributed by atoms with van der Waals surface area (Å²) in [6, 6.07) is 8.30. The molecule has 0 spiro atoms. The Kier molecular flexibility index (Phi) is 4.25. The fraction of sp³-hybridized carbons (Fsp3) is 0.400. The van der Waals surface area contributed by atoms with Crippen molar-refractivity contribution in [3.8, 4) is 0 Å². The number of hydrogen-bond donors (Lipinski definition) is 1. The smallest absolute Gasteiger partial charge is 0.0364 e. The molecule has 0 amide bonds. The molecule has 0 heterocycles. The fourth-order valence-corrected chi connectivity index (χ4v) is 1.42. The number of hydrogen-bond acceptors (Lipinski definition) is 2. The van der Waals surface area contributed by atoms with Gasteiger partial charge in [-0.15, -0.1) is 0 Å². The van der Waals surface area contributed by atoms with Crippen LogP contribution >= 0.6 is 15.9 Å².